The summed E-state index contributed by atoms with van der Waals surface area (Å²) in [6.07, 6.45) is 5.09. The number of ether oxygens (including phenoxy) is 2. The molecule has 0 saturated heterocycles. The lowest BCUT2D eigenvalue weighted by atomic mass is 9.52. The van der Waals surface area contributed by atoms with Gasteiger partial charge >= 0.3 is 12.1 Å². The van der Waals surface area contributed by atoms with E-state index in [1.165, 1.54) is 0 Å². The predicted molar refractivity (Wildman–Crippen MR) is 78.8 cm³/mol. The van der Waals surface area contributed by atoms with Crippen LogP contribution in [-0.2, 0) is 14.3 Å². The molecule has 5 heteroatoms. The van der Waals surface area contributed by atoms with Crippen molar-refractivity contribution in [3.8, 4) is 0 Å². The van der Waals surface area contributed by atoms with Gasteiger partial charge in [0.05, 0.1) is 6.61 Å². The topological polar surface area (TPSA) is 64.6 Å². The van der Waals surface area contributed by atoms with Crippen LogP contribution in [0.15, 0.2) is 11.6 Å². The molecule has 0 atom stereocenters. The number of amides is 1. The fourth-order valence-electron chi connectivity index (χ4n) is 3.21. The van der Waals surface area contributed by atoms with Crippen molar-refractivity contribution in [3.05, 3.63) is 11.6 Å². The van der Waals surface area contributed by atoms with Gasteiger partial charge in [0, 0.05) is 12.1 Å². The second-order valence-corrected chi connectivity index (χ2v) is 7.16. The fraction of sp³-hybridized carbons (Fsp3) is 0.750. The minimum Gasteiger partial charge on any atom is -0.463 e. The zero-order valence-corrected chi connectivity index (χ0v) is 13.3. The number of rotatable bonds is 3. The molecule has 1 spiro atoms. The number of esters is 1. The second-order valence-electron chi connectivity index (χ2n) is 7.16. The first-order chi connectivity index (χ1) is 9.71. The maximum absolute atomic E-state index is 11.7. The predicted octanol–water partition coefficient (Wildman–Crippen LogP) is 2.94. The molecule has 1 N–H and O–H groups in total. The first-order valence-electron chi connectivity index (χ1n) is 7.57. The highest BCUT2D eigenvalue weighted by Gasteiger charge is 2.51. The summed E-state index contributed by atoms with van der Waals surface area (Å²) in [5.74, 6) is -0.245. The largest absolute Gasteiger partial charge is 0.463 e. The minimum atomic E-state index is -0.461. The summed E-state index contributed by atoms with van der Waals surface area (Å²) in [7, 11) is 0. The average Bonchev–Trinajstić information content (AvgIpc) is 2.20. The summed E-state index contributed by atoms with van der Waals surface area (Å²) in [5, 5.41) is 2.90. The van der Waals surface area contributed by atoms with Crippen molar-refractivity contribution in [2.24, 2.45) is 5.41 Å². The molecule has 1 amide bonds. The first kappa shape index (κ1) is 15.9. The van der Waals surface area contributed by atoms with Crippen LogP contribution in [0, 0.1) is 5.41 Å². The van der Waals surface area contributed by atoms with Gasteiger partial charge in [0.15, 0.2) is 0 Å². The molecule has 0 radical (unpaired) electrons. The van der Waals surface area contributed by atoms with Crippen molar-refractivity contribution in [3.63, 3.8) is 0 Å². The molecule has 2 aliphatic carbocycles. The molecule has 0 aromatic rings. The van der Waals surface area contributed by atoms with Gasteiger partial charge in [-0.2, -0.15) is 0 Å². The van der Waals surface area contributed by atoms with Crippen molar-refractivity contribution in [2.45, 2.75) is 65.0 Å². The van der Waals surface area contributed by atoms with Gasteiger partial charge in [-0.05, 0) is 58.8 Å². The summed E-state index contributed by atoms with van der Waals surface area (Å²) < 4.78 is 10.1. The Balaban J connectivity index is 1.69. The Hall–Kier alpha value is -1.52. The standard InChI is InChI=1S/C16H25NO4/c1-5-20-13(18)6-11-7-16(8-11)9-12(10-16)17-14(19)21-15(2,3)4/h6,12H,5,7-10H2,1-4H3,(H,17,19). The Morgan fingerprint density at radius 3 is 2.48 bits per heavy atom. The number of allylic oxidation sites excluding steroid dienone is 1. The Morgan fingerprint density at radius 2 is 1.95 bits per heavy atom. The van der Waals surface area contributed by atoms with Gasteiger partial charge in [-0.15, -0.1) is 0 Å². The molecule has 0 unspecified atom stereocenters. The van der Waals surface area contributed by atoms with E-state index in [4.69, 9.17) is 9.47 Å². The second kappa shape index (κ2) is 5.70. The van der Waals surface area contributed by atoms with E-state index < -0.39 is 5.60 Å². The van der Waals surface area contributed by atoms with E-state index in [1.54, 1.807) is 13.0 Å². The van der Waals surface area contributed by atoms with Gasteiger partial charge in [-0.3, -0.25) is 0 Å². The highest BCUT2D eigenvalue weighted by molar-refractivity contribution is 5.83. The zero-order valence-electron chi connectivity index (χ0n) is 13.3. The minimum absolute atomic E-state index is 0.198. The average molecular weight is 295 g/mol. The van der Waals surface area contributed by atoms with Crippen LogP contribution >= 0.6 is 0 Å². The highest BCUT2D eigenvalue weighted by atomic mass is 16.6. The van der Waals surface area contributed by atoms with Gasteiger partial charge in [0.1, 0.15) is 5.60 Å². The summed E-state index contributed by atoms with van der Waals surface area (Å²) in [6, 6.07) is 0.198. The van der Waals surface area contributed by atoms with Crippen LogP contribution in [0.5, 0.6) is 0 Å². The Labute approximate surface area is 126 Å². The smallest absolute Gasteiger partial charge is 0.407 e. The number of alkyl carbamates (subject to hydrolysis) is 1. The van der Waals surface area contributed by atoms with Crippen LogP contribution in [0.4, 0.5) is 4.79 Å². The first-order valence-corrected chi connectivity index (χ1v) is 7.57. The van der Waals surface area contributed by atoms with Crippen molar-refractivity contribution in [1.29, 1.82) is 0 Å². The molecule has 0 bridgehead atoms. The van der Waals surface area contributed by atoms with E-state index in [-0.39, 0.29) is 23.5 Å². The lowest BCUT2D eigenvalue weighted by Gasteiger charge is -2.55. The van der Waals surface area contributed by atoms with E-state index >= 15 is 0 Å². The van der Waals surface area contributed by atoms with E-state index in [0.29, 0.717) is 6.61 Å². The lowest BCUT2D eigenvalue weighted by Crippen LogP contribution is -2.55. The van der Waals surface area contributed by atoms with Crippen molar-refractivity contribution < 1.29 is 19.1 Å². The molecule has 118 valence electrons. The van der Waals surface area contributed by atoms with Gasteiger partial charge in [-0.1, -0.05) is 5.57 Å². The van der Waals surface area contributed by atoms with E-state index in [1.807, 2.05) is 20.8 Å². The van der Waals surface area contributed by atoms with Crippen molar-refractivity contribution >= 4 is 12.1 Å². The van der Waals surface area contributed by atoms with Crippen molar-refractivity contribution in [2.75, 3.05) is 6.61 Å². The molecular formula is C16H25NO4. The number of hydrogen-bond donors (Lipinski definition) is 1. The Kier molecular flexibility index (Phi) is 4.30. The van der Waals surface area contributed by atoms with E-state index in [2.05, 4.69) is 5.32 Å². The van der Waals surface area contributed by atoms with Crippen LogP contribution < -0.4 is 5.32 Å². The molecule has 2 saturated carbocycles. The number of hydrogen-bond acceptors (Lipinski definition) is 4. The fourth-order valence-corrected chi connectivity index (χ4v) is 3.21. The maximum atomic E-state index is 11.7. The molecule has 21 heavy (non-hydrogen) atoms. The summed E-state index contributed by atoms with van der Waals surface area (Å²) in [4.78, 5) is 23.0. The molecule has 0 aromatic carbocycles. The Morgan fingerprint density at radius 1 is 1.33 bits per heavy atom. The van der Waals surface area contributed by atoms with E-state index in [9.17, 15) is 9.59 Å². The molecule has 2 rings (SSSR count). The van der Waals surface area contributed by atoms with Gasteiger partial charge in [0.2, 0.25) is 0 Å². The monoisotopic (exact) mass is 295 g/mol. The number of nitrogens with one attached hydrogen (secondary N) is 1. The molecule has 0 aromatic heterocycles. The molecule has 0 aliphatic heterocycles. The Bertz CT molecular complexity index is 445. The van der Waals surface area contributed by atoms with E-state index in [0.717, 1.165) is 31.3 Å². The normalized spacial score (nSPS) is 27.4. The van der Waals surface area contributed by atoms with Crippen LogP contribution in [0.25, 0.3) is 0 Å². The maximum Gasteiger partial charge on any atom is 0.407 e. The van der Waals surface area contributed by atoms with Crippen molar-refractivity contribution in [1.82, 2.24) is 5.32 Å². The third-order valence-electron chi connectivity index (χ3n) is 3.89. The van der Waals surface area contributed by atoms with Gasteiger partial charge in [0.25, 0.3) is 0 Å². The quantitative estimate of drug-likeness (QED) is 0.642. The summed E-state index contributed by atoms with van der Waals surface area (Å²) >= 11 is 0. The van der Waals surface area contributed by atoms with Crippen LogP contribution in [0.1, 0.15) is 53.4 Å². The molecule has 2 aliphatic rings. The van der Waals surface area contributed by atoms with Gasteiger partial charge < -0.3 is 14.8 Å². The zero-order chi connectivity index (χ0) is 15.7. The molecular weight excluding hydrogens is 270 g/mol. The lowest BCUT2D eigenvalue weighted by molar-refractivity contribution is -0.137. The molecule has 0 heterocycles. The van der Waals surface area contributed by atoms with Crippen LogP contribution in [0.3, 0.4) is 0 Å². The number of carbonyl (C=O) groups is 2. The summed E-state index contributed by atoms with van der Waals surface area (Å²) in [6.45, 7) is 7.78. The highest BCUT2D eigenvalue weighted by Crippen LogP contribution is 2.58. The molecule has 5 nitrogen and oxygen atoms in total. The van der Waals surface area contributed by atoms with Crippen LogP contribution in [-0.4, -0.2) is 30.3 Å². The third kappa shape index (κ3) is 4.22. The number of carbonyl (C=O) groups excluding carboxylic acids is 2. The van der Waals surface area contributed by atoms with Crippen LogP contribution in [0.2, 0.25) is 0 Å². The molecule has 2 fully saturated rings. The third-order valence-corrected chi connectivity index (χ3v) is 3.89. The SMILES string of the molecule is CCOC(=O)C=C1CC2(C1)CC(NC(=O)OC(C)(C)C)C2. The summed E-state index contributed by atoms with van der Waals surface area (Å²) in [5.41, 5.74) is 0.986. The van der Waals surface area contributed by atoms with Gasteiger partial charge in [-0.25, -0.2) is 9.59 Å².